The van der Waals surface area contributed by atoms with Crippen LogP contribution in [0.3, 0.4) is 0 Å². The van der Waals surface area contributed by atoms with Gasteiger partial charge in [0.2, 0.25) is 0 Å². The van der Waals surface area contributed by atoms with Crippen LogP contribution in [0.15, 0.2) is 60.8 Å². The predicted molar refractivity (Wildman–Crippen MR) is 115 cm³/mol. The Morgan fingerprint density at radius 1 is 1.10 bits per heavy atom. The fourth-order valence-electron chi connectivity index (χ4n) is 3.90. The Morgan fingerprint density at radius 2 is 1.86 bits per heavy atom. The number of carbonyl (C=O) groups excluding carboxylic acids is 1. The standard InChI is InChI=1S/C24H26N4O/c1-16-22(15-26-28(16)20-5-3-2-4-6-20)24(29)27-19-11-9-18(10-12-19)21-13-23(21)25-14-17-7-8-17/h2-6,9-12,15,17,21,23,25H,7-8,13-14H2,1H3,(H,27,29). The van der Waals surface area contributed by atoms with Crippen LogP contribution in [0.1, 0.15) is 46.8 Å². The van der Waals surface area contributed by atoms with Gasteiger partial charge in [0, 0.05) is 17.6 Å². The topological polar surface area (TPSA) is 59.0 Å². The van der Waals surface area contributed by atoms with Crippen LogP contribution in [0, 0.1) is 12.8 Å². The van der Waals surface area contributed by atoms with Crippen molar-refractivity contribution >= 4 is 11.6 Å². The minimum Gasteiger partial charge on any atom is -0.322 e. The summed E-state index contributed by atoms with van der Waals surface area (Å²) in [5, 5.41) is 11.1. The van der Waals surface area contributed by atoms with Gasteiger partial charge in [-0.2, -0.15) is 5.10 Å². The third-order valence-corrected chi connectivity index (χ3v) is 6.01. The van der Waals surface area contributed by atoms with Gasteiger partial charge in [0.25, 0.3) is 5.91 Å². The number of para-hydroxylation sites is 1. The third kappa shape index (κ3) is 3.96. The number of amides is 1. The summed E-state index contributed by atoms with van der Waals surface area (Å²) in [5.74, 6) is 1.40. The van der Waals surface area contributed by atoms with Crippen LogP contribution in [0.5, 0.6) is 0 Å². The van der Waals surface area contributed by atoms with Crippen LogP contribution >= 0.6 is 0 Å². The van der Waals surface area contributed by atoms with Gasteiger partial charge in [0.05, 0.1) is 23.1 Å². The molecule has 1 aromatic heterocycles. The van der Waals surface area contributed by atoms with E-state index in [1.807, 2.05) is 49.4 Å². The first-order valence-corrected chi connectivity index (χ1v) is 10.4. The third-order valence-electron chi connectivity index (χ3n) is 6.01. The Hall–Kier alpha value is -2.92. The summed E-state index contributed by atoms with van der Waals surface area (Å²) >= 11 is 0. The molecule has 0 saturated heterocycles. The van der Waals surface area contributed by atoms with E-state index in [4.69, 9.17) is 0 Å². The summed E-state index contributed by atoms with van der Waals surface area (Å²) in [6, 6.07) is 18.7. The molecule has 2 atom stereocenters. The van der Waals surface area contributed by atoms with Crippen LogP contribution in [0.2, 0.25) is 0 Å². The first-order valence-electron chi connectivity index (χ1n) is 10.4. The van der Waals surface area contributed by atoms with E-state index in [9.17, 15) is 4.79 Å². The van der Waals surface area contributed by atoms with Crippen LogP contribution in [-0.4, -0.2) is 28.3 Å². The lowest BCUT2D eigenvalue weighted by Crippen LogP contribution is -2.20. The second-order valence-electron chi connectivity index (χ2n) is 8.27. The molecule has 2 N–H and O–H groups in total. The molecule has 0 radical (unpaired) electrons. The molecule has 29 heavy (non-hydrogen) atoms. The molecule has 2 saturated carbocycles. The van der Waals surface area contributed by atoms with Crippen molar-refractivity contribution in [2.24, 2.45) is 5.92 Å². The SMILES string of the molecule is Cc1c(C(=O)Nc2ccc(C3CC3NCC3CC3)cc2)cnn1-c1ccccc1. The Morgan fingerprint density at radius 3 is 2.59 bits per heavy atom. The van der Waals surface area contributed by atoms with Gasteiger partial charge in [0.15, 0.2) is 0 Å². The zero-order valence-electron chi connectivity index (χ0n) is 16.6. The smallest absolute Gasteiger partial charge is 0.259 e. The number of carbonyl (C=O) groups is 1. The van der Waals surface area contributed by atoms with Crippen molar-refractivity contribution < 1.29 is 4.79 Å². The summed E-state index contributed by atoms with van der Waals surface area (Å²) < 4.78 is 1.79. The number of anilines is 1. The van der Waals surface area contributed by atoms with Gasteiger partial charge >= 0.3 is 0 Å². The molecule has 0 aliphatic heterocycles. The summed E-state index contributed by atoms with van der Waals surface area (Å²) in [4.78, 5) is 12.7. The van der Waals surface area contributed by atoms with E-state index < -0.39 is 0 Å². The van der Waals surface area contributed by atoms with Crippen molar-refractivity contribution in [3.63, 3.8) is 0 Å². The average molecular weight is 386 g/mol. The van der Waals surface area contributed by atoms with Gasteiger partial charge in [-0.05, 0) is 68.5 Å². The van der Waals surface area contributed by atoms with Gasteiger partial charge in [0.1, 0.15) is 0 Å². The van der Waals surface area contributed by atoms with Gasteiger partial charge in [-0.15, -0.1) is 0 Å². The monoisotopic (exact) mass is 386 g/mol. The zero-order valence-corrected chi connectivity index (χ0v) is 16.6. The highest BCUT2D eigenvalue weighted by Crippen LogP contribution is 2.41. The number of aromatic nitrogens is 2. The van der Waals surface area contributed by atoms with Gasteiger partial charge in [-0.25, -0.2) is 4.68 Å². The van der Waals surface area contributed by atoms with E-state index in [-0.39, 0.29) is 5.91 Å². The highest BCUT2D eigenvalue weighted by atomic mass is 16.1. The molecular weight excluding hydrogens is 360 g/mol. The van der Waals surface area contributed by atoms with Gasteiger partial charge < -0.3 is 10.6 Å². The van der Waals surface area contributed by atoms with Crippen LogP contribution in [0.25, 0.3) is 5.69 Å². The normalized spacial score (nSPS) is 20.4. The van der Waals surface area contributed by atoms with Crippen molar-refractivity contribution in [2.45, 2.75) is 38.1 Å². The van der Waals surface area contributed by atoms with Crippen molar-refractivity contribution in [1.29, 1.82) is 0 Å². The Kier molecular flexibility index (Phi) is 4.68. The Labute approximate surface area is 171 Å². The molecule has 2 aliphatic rings. The molecule has 148 valence electrons. The largest absolute Gasteiger partial charge is 0.322 e. The van der Waals surface area contributed by atoms with Crippen molar-refractivity contribution in [3.8, 4) is 5.69 Å². The maximum atomic E-state index is 12.7. The molecule has 2 aliphatic carbocycles. The minimum atomic E-state index is -0.132. The van der Waals surface area contributed by atoms with Crippen LogP contribution in [-0.2, 0) is 0 Å². The molecule has 5 nitrogen and oxygen atoms in total. The maximum absolute atomic E-state index is 12.7. The van der Waals surface area contributed by atoms with E-state index in [1.54, 1.807) is 10.9 Å². The van der Waals surface area contributed by atoms with Crippen molar-refractivity contribution in [2.75, 3.05) is 11.9 Å². The number of rotatable bonds is 7. The molecule has 5 rings (SSSR count). The first kappa shape index (κ1) is 18.1. The molecular formula is C24H26N4O. The molecule has 2 aromatic carbocycles. The van der Waals surface area contributed by atoms with Crippen LogP contribution in [0.4, 0.5) is 5.69 Å². The fraction of sp³-hybridized carbons (Fsp3) is 0.333. The van der Waals surface area contributed by atoms with Gasteiger partial charge in [-0.3, -0.25) is 4.79 Å². The van der Waals surface area contributed by atoms with Crippen molar-refractivity contribution in [3.05, 3.63) is 77.6 Å². The second kappa shape index (κ2) is 7.48. The van der Waals surface area contributed by atoms with Gasteiger partial charge in [-0.1, -0.05) is 30.3 Å². The number of nitrogens with one attached hydrogen (secondary N) is 2. The summed E-state index contributed by atoms with van der Waals surface area (Å²) in [5.41, 5.74) is 4.53. The summed E-state index contributed by atoms with van der Waals surface area (Å²) in [6.07, 6.45) is 5.63. The molecule has 2 unspecified atom stereocenters. The number of benzene rings is 2. The Bertz CT molecular complexity index is 1010. The average Bonchev–Trinajstić information content (AvgIpc) is 3.66. The van der Waals surface area contributed by atoms with Crippen molar-refractivity contribution in [1.82, 2.24) is 15.1 Å². The van der Waals surface area contributed by atoms with Crippen LogP contribution < -0.4 is 10.6 Å². The zero-order chi connectivity index (χ0) is 19.8. The Balaban J connectivity index is 1.22. The maximum Gasteiger partial charge on any atom is 0.259 e. The fourth-order valence-corrected chi connectivity index (χ4v) is 3.90. The lowest BCUT2D eigenvalue weighted by Gasteiger charge is -2.08. The van der Waals surface area contributed by atoms with E-state index in [0.29, 0.717) is 17.5 Å². The molecule has 1 heterocycles. The number of hydrogen-bond acceptors (Lipinski definition) is 3. The lowest BCUT2D eigenvalue weighted by molar-refractivity contribution is 0.102. The molecule has 0 bridgehead atoms. The minimum absolute atomic E-state index is 0.132. The first-order chi connectivity index (χ1) is 14.2. The lowest BCUT2D eigenvalue weighted by atomic mass is 10.1. The number of nitrogens with zero attached hydrogens (tertiary/aromatic N) is 2. The highest BCUT2D eigenvalue weighted by molar-refractivity contribution is 6.05. The van der Waals surface area contributed by atoms with E-state index in [0.717, 1.165) is 23.0 Å². The molecule has 2 fully saturated rings. The highest BCUT2D eigenvalue weighted by Gasteiger charge is 2.38. The molecule has 3 aromatic rings. The predicted octanol–water partition coefficient (Wildman–Crippen LogP) is 4.29. The van der Waals surface area contributed by atoms with E-state index in [1.165, 1.54) is 31.4 Å². The quantitative estimate of drug-likeness (QED) is 0.637. The molecule has 5 heteroatoms. The second-order valence-corrected chi connectivity index (χ2v) is 8.27. The number of hydrogen-bond donors (Lipinski definition) is 2. The summed E-state index contributed by atoms with van der Waals surface area (Å²) in [7, 11) is 0. The molecule has 0 spiro atoms. The molecule has 1 amide bonds. The van der Waals surface area contributed by atoms with E-state index >= 15 is 0 Å². The van der Waals surface area contributed by atoms with E-state index in [2.05, 4.69) is 27.9 Å². The summed E-state index contributed by atoms with van der Waals surface area (Å²) in [6.45, 7) is 3.09.